The number of rotatable bonds is 9. The number of fused-ring (bicyclic) bond motifs is 2. The fraction of sp³-hybridized carbons (Fsp3) is 0.464. The highest BCUT2D eigenvalue weighted by Gasteiger charge is 2.52. The van der Waals surface area contributed by atoms with Crippen LogP contribution >= 0.6 is 0 Å². The van der Waals surface area contributed by atoms with Gasteiger partial charge in [-0.1, -0.05) is 26.7 Å². The Morgan fingerprint density at radius 3 is 2.68 bits per heavy atom. The molecular formula is C28H30F3NO5. The maximum absolute atomic E-state index is 16.5. The lowest BCUT2D eigenvalue weighted by atomic mass is 9.86. The van der Waals surface area contributed by atoms with Crippen molar-refractivity contribution >= 4 is 16.7 Å². The van der Waals surface area contributed by atoms with Crippen molar-refractivity contribution in [1.82, 2.24) is 4.57 Å². The van der Waals surface area contributed by atoms with E-state index >= 15 is 4.39 Å². The molecule has 37 heavy (non-hydrogen) atoms. The Balaban J connectivity index is 1.87. The summed E-state index contributed by atoms with van der Waals surface area (Å²) in [6.07, 6.45) is -19.4. The van der Waals surface area contributed by atoms with E-state index in [1.54, 1.807) is 0 Å². The van der Waals surface area contributed by atoms with Crippen molar-refractivity contribution in [1.29, 1.82) is 0 Å². The highest BCUT2D eigenvalue weighted by atomic mass is 19.3. The molecule has 0 spiro atoms. The lowest BCUT2D eigenvalue weighted by Gasteiger charge is -2.26. The summed E-state index contributed by atoms with van der Waals surface area (Å²) in [7, 11) is 0. The number of alkyl halides is 2. The zero-order chi connectivity index (χ0) is 43.4. The van der Waals surface area contributed by atoms with Crippen LogP contribution in [-0.2, 0) is 28.5 Å². The van der Waals surface area contributed by atoms with Gasteiger partial charge < -0.3 is 24.3 Å². The van der Waals surface area contributed by atoms with Crippen molar-refractivity contribution < 1.29 is 63.7 Å². The Morgan fingerprint density at radius 2 is 2.03 bits per heavy atom. The van der Waals surface area contributed by atoms with Gasteiger partial charge in [0.05, 0.1) is 43.8 Å². The third-order valence-corrected chi connectivity index (χ3v) is 5.74. The Kier molecular flexibility index (Phi) is 2.70. The van der Waals surface area contributed by atoms with Gasteiger partial charge in [0.1, 0.15) is 11.6 Å². The average molecular weight is 537 g/mol. The highest BCUT2D eigenvalue weighted by molar-refractivity contribution is 5.95. The molecule has 1 aliphatic carbocycles. The van der Waals surface area contributed by atoms with E-state index in [0.29, 0.717) is 13.8 Å². The Hall–Kier alpha value is -3.04. The molecule has 0 amide bonds. The van der Waals surface area contributed by atoms with Gasteiger partial charge in [0.15, 0.2) is 11.5 Å². The van der Waals surface area contributed by atoms with Crippen molar-refractivity contribution in [3.63, 3.8) is 0 Å². The van der Waals surface area contributed by atoms with E-state index in [0.717, 1.165) is 0 Å². The summed E-state index contributed by atoms with van der Waals surface area (Å²) in [5.74, 6) is -6.24. The molecule has 1 unspecified atom stereocenters. The third kappa shape index (κ3) is 4.48. The molecule has 1 saturated carbocycles. The number of benzene rings is 2. The molecule has 2 aliphatic rings. The summed E-state index contributed by atoms with van der Waals surface area (Å²) in [5.41, 5.74) is -11.7. The molecule has 1 fully saturated rings. The van der Waals surface area contributed by atoms with Gasteiger partial charge >= 0.3 is 6.29 Å². The van der Waals surface area contributed by atoms with Crippen LogP contribution in [0.3, 0.4) is 0 Å². The molecule has 9 heteroatoms. The number of halogens is 3. The van der Waals surface area contributed by atoms with E-state index in [4.69, 9.17) is 26.0 Å². The van der Waals surface area contributed by atoms with E-state index in [-0.39, 0.29) is 4.57 Å². The first-order chi connectivity index (χ1) is 24.9. The van der Waals surface area contributed by atoms with Crippen LogP contribution in [0, 0.1) is 5.82 Å². The van der Waals surface area contributed by atoms with E-state index in [9.17, 15) is 23.8 Å². The summed E-state index contributed by atoms with van der Waals surface area (Å²) in [6, 6.07) is -8.33. The summed E-state index contributed by atoms with van der Waals surface area (Å²) >= 11 is 0. The van der Waals surface area contributed by atoms with Crippen LogP contribution in [0.1, 0.15) is 82.7 Å². The van der Waals surface area contributed by atoms with Gasteiger partial charge in [0, 0.05) is 35.3 Å². The molecule has 198 valence electrons. The number of hydrogen-bond acceptors (Lipinski definition) is 5. The molecular weight excluding hydrogens is 487 g/mol. The van der Waals surface area contributed by atoms with Crippen molar-refractivity contribution in [3.8, 4) is 11.5 Å². The Bertz CT molecular complexity index is 2180. The first-order valence-electron chi connectivity index (χ1n) is 20.0. The van der Waals surface area contributed by atoms with E-state index < -0.39 is 156 Å². The summed E-state index contributed by atoms with van der Waals surface area (Å²) in [5, 5.41) is 19.5. The molecule has 2 aromatic carbocycles. The molecule has 0 bridgehead atoms. The second-order valence-corrected chi connectivity index (χ2v) is 8.29. The first kappa shape index (κ1) is 11.4. The number of aliphatic hydroxyl groups is 2. The molecule has 5 rings (SSSR count). The minimum absolute atomic E-state index is 0.108. The standard InChI is InChI=1S/C28H30F3NO5/c1-4-26(2,3)24-10-17-9-16(20(29)13-21(17)32(24)14-19(34)15-33)11-25(35)27(7-8-27)18-5-6-22-23(12-18)37-28(30,31)36-22/h5-6,9-10,12-13,19,33-34H,4,7-8,11,14-15H2,1-3H3/t19-/m1/s1/i2D3,4D2,5D,6D,7D2,8D2,9D,10D,12D,13D,14D2,15D2/t19-,26?. The fourth-order valence-corrected chi connectivity index (χ4v) is 3.65. The maximum atomic E-state index is 16.5. The van der Waals surface area contributed by atoms with Crippen LogP contribution in [0.25, 0.3) is 10.9 Å². The van der Waals surface area contributed by atoms with Crippen molar-refractivity contribution in [2.75, 3.05) is 6.56 Å². The van der Waals surface area contributed by atoms with Crippen LogP contribution in [0.4, 0.5) is 13.2 Å². The maximum Gasteiger partial charge on any atom is 0.586 e. The lowest BCUT2D eigenvalue weighted by molar-refractivity contribution is -0.286. The molecule has 0 radical (unpaired) electrons. The van der Waals surface area contributed by atoms with Crippen LogP contribution in [-0.4, -0.2) is 39.5 Å². The zero-order valence-electron chi connectivity index (χ0n) is 38.0. The first-order valence-corrected chi connectivity index (χ1v) is 10.5. The van der Waals surface area contributed by atoms with Gasteiger partial charge in [-0.05, 0) is 60.5 Å². The third-order valence-electron chi connectivity index (χ3n) is 5.74. The molecule has 3 aromatic rings. The fourth-order valence-electron chi connectivity index (χ4n) is 3.65. The largest absolute Gasteiger partial charge is 0.586 e. The molecule has 2 atom stereocenters. The predicted octanol–water partition coefficient (Wildman–Crippen LogP) is 4.99. The number of hydrogen-bond donors (Lipinski definition) is 2. The van der Waals surface area contributed by atoms with Gasteiger partial charge in [0.2, 0.25) is 0 Å². The number of carbonyl (C=O) groups excluding carboxylic acids is 1. The van der Waals surface area contributed by atoms with Gasteiger partial charge in [-0.25, -0.2) is 4.39 Å². The quantitative estimate of drug-likeness (QED) is 0.403. The second kappa shape index (κ2) is 8.77. The Labute approximate surface area is 239 Å². The number of Topliss-reactive ketones (excluding diaryl/α,β-unsaturated/α-hetero) is 1. The molecule has 1 aliphatic heterocycles. The summed E-state index contributed by atoms with van der Waals surface area (Å²) < 4.78 is 212. The molecule has 2 heterocycles. The number of ether oxygens (including phenoxy) is 2. The van der Waals surface area contributed by atoms with Gasteiger partial charge in [-0.3, -0.25) is 4.79 Å². The smallest absolute Gasteiger partial charge is 0.395 e. The number of carbonyl (C=O) groups is 1. The zero-order valence-corrected chi connectivity index (χ0v) is 19.0. The normalized spacial score (nSPS) is 31.3. The number of ketones is 1. The highest BCUT2D eigenvalue weighted by Crippen LogP contribution is 2.52. The predicted molar refractivity (Wildman–Crippen MR) is 131 cm³/mol. The Morgan fingerprint density at radius 1 is 1.30 bits per heavy atom. The van der Waals surface area contributed by atoms with E-state index in [1.807, 2.05) is 0 Å². The molecule has 1 aromatic heterocycles. The van der Waals surface area contributed by atoms with E-state index in [1.165, 1.54) is 0 Å². The number of nitrogens with zero attached hydrogens (tertiary/aromatic N) is 1. The van der Waals surface area contributed by atoms with Gasteiger partial charge in [-0.15, -0.1) is 8.78 Å². The van der Waals surface area contributed by atoms with Gasteiger partial charge in [-0.2, -0.15) is 0 Å². The van der Waals surface area contributed by atoms with Crippen molar-refractivity contribution in [2.45, 2.75) is 76.0 Å². The lowest BCUT2D eigenvalue weighted by Crippen LogP contribution is -2.26. The minimum Gasteiger partial charge on any atom is -0.395 e. The molecule has 6 nitrogen and oxygen atoms in total. The molecule has 0 saturated heterocycles. The average Bonchev–Trinajstić information content (AvgIpc) is 3.33. The topological polar surface area (TPSA) is 80.9 Å². The minimum atomic E-state index is -4.51. The number of aromatic nitrogens is 1. The van der Waals surface area contributed by atoms with Crippen molar-refractivity contribution in [3.05, 3.63) is 58.9 Å². The second-order valence-electron chi connectivity index (χ2n) is 8.29. The molecule has 2 N–H and O–H groups in total. The van der Waals surface area contributed by atoms with Crippen LogP contribution < -0.4 is 9.47 Å². The summed E-state index contributed by atoms with van der Waals surface area (Å²) in [6.45, 7) is -10.0. The van der Waals surface area contributed by atoms with E-state index in [2.05, 4.69) is 9.47 Å². The van der Waals surface area contributed by atoms with Crippen LogP contribution in [0.15, 0.2) is 36.3 Å². The number of aliphatic hydroxyl groups excluding tert-OH is 1. The SMILES string of the molecule is [2H]c1c([2H])c(C2(C(=O)Cc3c(F)c([2H])c4c(c3[2H])c([2H])c(C(C)(C([2H])([2H])[2H])C([2H])([2H])C)n4C([2H])([2H])[C@@H](O)C([2H])([2H])O)C([2H])([2H])C2([2H])[2H])c([2H])c2c1OC(F)(F)O2. The monoisotopic (exact) mass is 536 g/mol. The van der Waals surface area contributed by atoms with Crippen LogP contribution in [0.2, 0.25) is 0 Å². The summed E-state index contributed by atoms with van der Waals surface area (Å²) in [4.78, 5) is 14.3. The van der Waals surface area contributed by atoms with Gasteiger partial charge in [0.25, 0.3) is 0 Å². The van der Waals surface area contributed by atoms with Crippen LogP contribution in [0.5, 0.6) is 11.5 Å². The van der Waals surface area contributed by atoms with Crippen molar-refractivity contribution in [2.24, 2.45) is 0 Å².